The molecule has 1 N–H and O–H groups in total. The number of amides is 1. The first kappa shape index (κ1) is 12.8. The van der Waals surface area contributed by atoms with Crippen LogP contribution in [0.25, 0.3) is 0 Å². The molecular weight excluding hydrogens is 216 g/mol. The Balaban J connectivity index is 1.66. The Morgan fingerprint density at radius 3 is 2.35 bits per heavy atom. The molecule has 2 aliphatic rings. The topological polar surface area (TPSA) is 43.8 Å². The summed E-state index contributed by atoms with van der Waals surface area (Å²) in [6.07, 6.45) is 5.17. The highest BCUT2D eigenvalue weighted by Gasteiger charge is 2.22. The summed E-state index contributed by atoms with van der Waals surface area (Å²) in [5.41, 5.74) is 0. The minimum Gasteiger partial charge on any atom is -0.396 e. The van der Waals surface area contributed by atoms with Gasteiger partial charge in [0.25, 0.3) is 0 Å². The van der Waals surface area contributed by atoms with E-state index in [0.29, 0.717) is 18.2 Å². The Hall–Kier alpha value is -0.610. The van der Waals surface area contributed by atoms with Gasteiger partial charge in [-0.15, -0.1) is 0 Å². The van der Waals surface area contributed by atoms with E-state index >= 15 is 0 Å². The first-order chi connectivity index (χ1) is 8.29. The van der Waals surface area contributed by atoms with Crippen LogP contribution in [0.15, 0.2) is 0 Å². The highest BCUT2D eigenvalue weighted by Crippen LogP contribution is 2.17. The Labute approximate surface area is 104 Å². The van der Waals surface area contributed by atoms with Crippen molar-refractivity contribution in [2.24, 2.45) is 5.92 Å². The number of rotatable bonds is 4. The van der Waals surface area contributed by atoms with Gasteiger partial charge in [-0.1, -0.05) is 0 Å². The molecule has 98 valence electrons. The van der Waals surface area contributed by atoms with E-state index in [9.17, 15) is 4.79 Å². The van der Waals surface area contributed by atoms with Crippen LogP contribution in [-0.4, -0.2) is 60.1 Å². The van der Waals surface area contributed by atoms with Crippen LogP contribution in [-0.2, 0) is 4.79 Å². The average Bonchev–Trinajstić information content (AvgIpc) is 2.89. The molecule has 0 saturated carbocycles. The molecule has 0 bridgehead atoms. The van der Waals surface area contributed by atoms with Crippen molar-refractivity contribution in [1.82, 2.24) is 9.80 Å². The monoisotopic (exact) mass is 240 g/mol. The summed E-state index contributed by atoms with van der Waals surface area (Å²) in [6, 6.07) is 0. The summed E-state index contributed by atoms with van der Waals surface area (Å²) in [5.74, 6) is 0.714. The Bertz CT molecular complexity index is 244. The fourth-order valence-electron chi connectivity index (χ4n) is 2.78. The number of carbonyl (C=O) groups is 1. The van der Waals surface area contributed by atoms with Gasteiger partial charge in [0.1, 0.15) is 0 Å². The minimum atomic E-state index is 0.274. The third-order valence-corrected chi connectivity index (χ3v) is 4.07. The van der Waals surface area contributed by atoms with E-state index in [1.54, 1.807) is 0 Å². The van der Waals surface area contributed by atoms with Crippen LogP contribution in [0.5, 0.6) is 0 Å². The van der Waals surface area contributed by atoms with Crippen molar-refractivity contribution in [1.29, 1.82) is 0 Å². The summed E-state index contributed by atoms with van der Waals surface area (Å²) < 4.78 is 0. The highest BCUT2D eigenvalue weighted by atomic mass is 16.3. The standard InChI is InChI=1S/C13H24N2O2/c16-11-12-3-9-15(10-4-12)13(17)5-8-14-6-1-2-7-14/h12,16H,1-11H2. The summed E-state index contributed by atoms with van der Waals surface area (Å²) in [5, 5.41) is 9.05. The van der Waals surface area contributed by atoms with Crippen molar-refractivity contribution in [2.45, 2.75) is 32.1 Å². The number of aliphatic hydroxyl groups is 1. The van der Waals surface area contributed by atoms with E-state index < -0.39 is 0 Å². The molecule has 0 aromatic carbocycles. The zero-order valence-corrected chi connectivity index (χ0v) is 10.6. The molecule has 17 heavy (non-hydrogen) atoms. The predicted molar refractivity (Wildman–Crippen MR) is 66.7 cm³/mol. The lowest BCUT2D eigenvalue weighted by Gasteiger charge is -2.31. The fourth-order valence-corrected chi connectivity index (χ4v) is 2.78. The molecule has 0 aromatic rings. The third kappa shape index (κ3) is 3.68. The van der Waals surface area contributed by atoms with Crippen molar-refractivity contribution in [2.75, 3.05) is 39.3 Å². The summed E-state index contributed by atoms with van der Waals surface area (Å²) in [7, 11) is 0. The molecule has 1 amide bonds. The molecule has 0 radical (unpaired) electrons. The Morgan fingerprint density at radius 2 is 1.76 bits per heavy atom. The zero-order chi connectivity index (χ0) is 12.1. The van der Waals surface area contributed by atoms with E-state index in [-0.39, 0.29) is 6.61 Å². The van der Waals surface area contributed by atoms with Gasteiger partial charge in [-0.25, -0.2) is 0 Å². The Morgan fingerprint density at radius 1 is 1.12 bits per heavy atom. The third-order valence-electron chi connectivity index (χ3n) is 4.07. The van der Waals surface area contributed by atoms with Crippen LogP contribution < -0.4 is 0 Å². The van der Waals surface area contributed by atoms with E-state index in [0.717, 1.165) is 32.5 Å². The first-order valence-electron chi connectivity index (χ1n) is 6.90. The predicted octanol–water partition coefficient (Wildman–Crippen LogP) is 0.703. The fraction of sp³-hybridized carbons (Fsp3) is 0.923. The number of piperidine rings is 1. The molecule has 4 nitrogen and oxygen atoms in total. The van der Waals surface area contributed by atoms with Gasteiger partial charge in [-0.3, -0.25) is 4.79 Å². The second kappa shape index (κ2) is 6.36. The summed E-state index contributed by atoms with van der Waals surface area (Å²) >= 11 is 0. The summed E-state index contributed by atoms with van der Waals surface area (Å²) in [4.78, 5) is 16.3. The van der Waals surface area contributed by atoms with E-state index in [1.807, 2.05) is 4.90 Å². The molecule has 0 aliphatic carbocycles. The highest BCUT2D eigenvalue weighted by molar-refractivity contribution is 5.76. The van der Waals surface area contributed by atoms with Crippen LogP contribution >= 0.6 is 0 Å². The quantitative estimate of drug-likeness (QED) is 0.787. The van der Waals surface area contributed by atoms with Gasteiger partial charge >= 0.3 is 0 Å². The maximum atomic E-state index is 12.0. The number of hydrogen-bond acceptors (Lipinski definition) is 3. The van der Waals surface area contributed by atoms with Gasteiger partial charge in [0.2, 0.25) is 5.91 Å². The van der Waals surface area contributed by atoms with Crippen LogP contribution in [0.1, 0.15) is 32.1 Å². The summed E-state index contributed by atoms with van der Waals surface area (Å²) in [6.45, 7) is 5.21. The van der Waals surface area contributed by atoms with Crippen molar-refractivity contribution in [3.8, 4) is 0 Å². The van der Waals surface area contributed by atoms with Crippen LogP contribution in [0.3, 0.4) is 0 Å². The maximum absolute atomic E-state index is 12.0. The maximum Gasteiger partial charge on any atom is 0.223 e. The SMILES string of the molecule is O=C(CCN1CCCC1)N1CCC(CO)CC1. The smallest absolute Gasteiger partial charge is 0.223 e. The van der Waals surface area contributed by atoms with Gasteiger partial charge in [-0.2, -0.15) is 0 Å². The molecule has 2 heterocycles. The lowest BCUT2D eigenvalue weighted by atomic mass is 9.98. The number of nitrogens with zero attached hydrogens (tertiary/aromatic N) is 2. The van der Waals surface area contributed by atoms with E-state index in [4.69, 9.17) is 5.11 Å². The van der Waals surface area contributed by atoms with Gasteiger partial charge in [0, 0.05) is 32.7 Å². The molecule has 2 fully saturated rings. The van der Waals surface area contributed by atoms with Gasteiger partial charge < -0.3 is 14.9 Å². The normalized spacial score (nSPS) is 23.2. The van der Waals surface area contributed by atoms with Crippen molar-refractivity contribution >= 4 is 5.91 Å². The van der Waals surface area contributed by atoms with Crippen LogP contribution in [0, 0.1) is 5.92 Å². The molecule has 2 saturated heterocycles. The average molecular weight is 240 g/mol. The van der Waals surface area contributed by atoms with Gasteiger partial charge in [0.05, 0.1) is 0 Å². The van der Waals surface area contributed by atoms with Crippen LogP contribution in [0.4, 0.5) is 0 Å². The first-order valence-corrected chi connectivity index (χ1v) is 6.90. The lowest BCUT2D eigenvalue weighted by molar-refractivity contribution is -0.133. The minimum absolute atomic E-state index is 0.274. The molecule has 0 unspecified atom stereocenters. The number of hydrogen-bond donors (Lipinski definition) is 1. The van der Waals surface area contributed by atoms with E-state index in [1.165, 1.54) is 25.9 Å². The number of likely N-dealkylation sites (tertiary alicyclic amines) is 2. The zero-order valence-electron chi connectivity index (χ0n) is 10.6. The van der Waals surface area contributed by atoms with Gasteiger partial charge in [-0.05, 0) is 44.7 Å². The molecular formula is C13H24N2O2. The molecule has 2 rings (SSSR count). The van der Waals surface area contributed by atoms with Crippen molar-refractivity contribution < 1.29 is 9.90 Å². The lowest BCUT2D eigenvalue weighted by Crippen LogP contribution is -2.40. The molecule has 0 spiro atoms. The molecule has 0 atom stereocenters. The second-order valence-corrected chi connectivity index (χ2v) is 5.31. The molecule has 4 heteroatoms. The largest absolute Gasteiger partial charge is 0.396 e. The molecule has 2 aliphatic heterocycles. The van der Waals surface area contributed by atoms with E-state index in [2.05, 4.69) is 4.90 Å². The van der Waals surface area contributed by atoms with Crippen LogP contribution in [0.2, 0.25) is 0 Å². The second-order valence-electron chi connectivity index (χ2n) is 5.31. The van der Waals surface area contributed by atoms with Crippen molar-refractivity contribution in [3.63, 3.8) is 0 Å². The number of aliphatic hydroxyl groups excluding tert-OH is 1. The van der Waals surface area contributed by atoms with Gasteiger partial charge in [0.15, 0.2) is 0 Å². The molecule has 0 aromatic heterocycles. The Kier molecular flexibility index (Phi) is 4.80. The number of carbonyl (C=O) groups excluding carboxylic acids is 1. The van der Waals surface area contributed by atoms with Crippen molar-refractivity contribution in [3.05, 3.63) is 0 Å².